The van der Waals surface area contributed by atoms with Crippen molar-refractivity contribution in [3.05, 3.63) is 29.3 Å². The van der Waals surface area contributed by atoms with E-state index in [0.29, 0.717) is 5.56 Å². The maximum Gasteiger partial charge on any atom is 0.494 e. The van der Waals surface area contributed by atoms with E-state index in [2.05, 4.69) is 13.8 Å². The van der Waals surface area contributed by atoms with Crippen molar-refractivity contribution >= 4 is 18.6 Å². The Morgan fingerprint density at radius 1 is 1.14 bits per heavy atom. The van der Waals surface area contributed by atoms with Crippen molar-refractivity contribution in [3.8, 4) is 0 Å². The molecule has 0 bridgehead atoms. The van der Waals surface area contributed by atoms with E-state index in [1.165, 1.54) is 7.11 Å². The monoisotopic (exact) mass is 304 g/mol. The van der Waals surface area contributed by atoms with Crippen molar-refractivity contribution in [1.29, 1.82) is 0 Å². The van der Waals surface area contributed by atoms with Gasteiger partial charge in [-0.2, -0.15) is 0 Å². The first kappa shape index (κ1) is 17.0. The van der Waals surface area contributed by atoms with Crippen LogP contribution < -0.4 is 5.46 Å². The summed E-state index contributed by atoms with van der Waals surface area (Å²) in [6.45, 7) is 12.1. The molecule has 1 aromatic rings. The Kier molecular flexibility index (Phi) is 4.42. The van der Waals surface area contributed by atoms with E-state index in [0.717, 1.165) is 11.0 Å². The second kappa shape index (κ2) is 5.71. The number of methoxy groups -OCH3 is 1. The molecule has 0 amide bonds. The predicted octanol–water partition coefficient (Wildman–Crippen LogP) is 2.90. The second-order valence-electron chi connectivity index (χ2n) is 7.08. The number of carbonyl (C=O) groups excluding carboxylic acids is 1. The Hall–Kier alpha value is -1.33. The molecule has 1 aliphatic rings. The number of hydrogen-bond acceptors (Lipinski definition) is 4. The molecule has 5 heteroatoms. The summed E-state index contributed by atoms with van der Waals surface area (Å²) in [5, 5.41) is 0. The third-order valence-electron chi connectivity index (χ3n) is 4.63. The molecule has 0 aromatic heterocycles. The van der Waals surface area contributed by atoms with Crippen molar-refractivity contribution in [2.45, 2.75) is 58.7 Å². The number of carbonyl (C=O) groups is 1. The minimum Gasteiger partial charge on any atom is -0.465 e. The summed E-state index contributed by atoms with van der Waals surface area (Å²) in [6, 6.07) is 5.74. The Morgan fingerprint density at radius 2 is 1.68 bits per heavy atom. The highest BCUT2D eigenvalue weighted by Crippen LogP contribution is 2.36. The molecule has 1 heterocycles. The number of rotatable bonds is 3. The van der Waals surface area contributed by atoms with Crippen LogP contribution in [0.5, 0.6) is 0 Å². The van der Waals surface area contributed by atoms with E-state index >= 15 is 0 Å². The highest BCUT2D eigenvalue weighted by Gasteiger charge is 2.51. The normalized spacial score (nSPS) is 19.5. The van der Waals surface area contributed by atoms with Crippen molar-refractivity contribution < 1.29 is 18.8 Å². The molecule has 0 radical (unpaired) electrons. The first-order valence-corrected chi connectivity index (χ1v) is 7.67. The van der Waals surface area contributed by atoms with Gasteiger partial charge in [-0.05, 0) is 50.7 Å². The van der Waals surface area contributed by atoms with Gasteiger partial charge in [-0.3, -0.25) is 0 Å². The minimum absolute atomic E-state index is 0.237. The van der Waals surface area contributed by atoms with Crippen LogP contribution in [-0.2, 0) is 14.0 Å². The highest BCUT2D eigenvalue weighted by atomic mass is 16.7. The van der Waals surface area contributed by atoms with Gasteiger partial charge in [0.2, 0.25) is 0 Å². The molecular formula is C17H25BO4. The molecule has 0 aliphatic carbocycles. The zero-order valence-electron chi connectivity index (χ0n) is 14.5. The van der Waals surface area contributed by atoms with Gasteiger partial charge in [0.15, 0.2) is 0 Å². The van der Waals surface area contributed by atoms with Gasteiger partial charge in [0.1, 0.15) is 0 Å². The largest absolute Gasteiger partial charge is 0.494 e. The lowest BCUT2D eigenvalue weighted by Crippen LogP contribution is -2.41. The van der Waals surface area contributed by atoms with Crippen LogP contribution >= 0.6 is 0 Å². The first-order chi connectivity index (χ1) is 10.1. The number of hydrogen-bond donors (Lipinski definition) is 0. The standard InChI is InChI=1S/C17H25BO4/c1-11(2)13-9-8-12(10-14(13)15(19)20-7)18-21-16(3,4)17(5,6)22-18/h8-11H,1-7H3. The smallest absolute Gasteiger partial charge is 0.465 e. The lowest BCUT2D eigenvalue weighted by atomic mass is 9.77. The fourth-order valence-electron chi connectivity index (χ4n) is 2.49. The Labute approximate surface area is 133 Å². The molecule has 1 aliphatic heterocycles. The van der Waals surface area contributed by atoms with Crippen LogP contribution in [-0.4, -0.2) is 31.4 Å². The molecule has 0 unspecified atom stereocenters. The van der Waals surface area contributed by atoms with Gasteiger partial charge in [0, 0.05) is 0 Å². The number of ether oxygens (including phenoxy) is 1. The van der Waals surface area contributed by atoms with Crippen LogP contribution in [0.2, 0.25) is 0 Å². The van der Waals surface area contributed by atoms with E-state index in [4.69, 9.17) is 14.0 Å². The molecule has 0 atom stereocenters. The summed E-state index contributed by atoms with van der Waals surface area (Å²) in [4.78, 5) is 12.1. The zero-order valence-corrected chi connectivity index (χ0v) is 14.5. The molecule has 22 heavy (non-hydrogen) atoms. The molecule has 120 valence electrons. The van der Waals surface area contributed by atoms with Crippen molar-refractivity contribution in [2.24, 2.45) is 0 Å². The van der Waals surface area contributed by atoms with Crippen LogP contribution in [0.4, 0.5) is 0 Å². The van der Waals surface area contributed by atoms with Crippen molar-refractivity contribution in [1.82, 2.24) is 0 Å². The van der Waals surface area contributed by atoms with Gasteiger partial charge in [0.25, 0.3) is 0 Å². The first-order valence-electron chi connectivity index (χ1n) is 7.67. The quantitative estimate of drug-likeness (QED) is 0.636. The molecular weight excluding hydrogens is 279 g/mol. The summed E-state index contributed by atoms with van der Waals surface area (Å²) in [5.41, 5.74) is 1.57. The summed E-state index contributed by atoms with van der Waals surface area (Å²) in [7, 11) is 0.920. The van der Waals surface area contributed by atoms with E-state index in [-0.39, 0.29) is 11.9 Å². The summed E-state index contributed by atoms with van der Waals surface area (Å²) < 4.78 is 17.0. The minimum atomic E-state index is -0.477. The van der Waals surface area contributed by atoms with Crippen LogP contribution in [0.1, 0.15) is 63.4 Å². The van der Waals surface area contributed by atoms with E-state index in [1.807, 2.05) is 45.9 Å². The Bertz CT molecular complexity index is 562. The lowest BCUT2D eigenvalue weighted by molar-refractivity contribution is 0.00578. The Morgan fingerprint density at radius 3 is 2.14 bits per heavy atom. The lowest BCUT2D eigenvalue weighted by Gasteiger charge is -2.32. The fourth-order valence-corrected chi connectivity index (χ4v) is 2.49. The molecule has 4 nitrogen and oxygen atoms in total. The summed E-state index contributed by atoms with van der Waals surface area (Å²) in [6.07, 6.45) is 0. The number of benzene rings is 1. The molecule has 2 rings (SSSR count). The van der Waals surface area contributed by atoms with Crippen LogP contribution in [0, 0.1) is 0 Å². The van der Waals surface area contributed by atoms with Crippen LogP contribution in [0.15, 0.2) is 18.2 Å². The van der Waals surface area contributed by atoms with Gasteiger partial charge in [-0.1, -0.05) is 26.0 Å². The van der Waals surface area contributed by atoms with Crippen molar-refractivity contribution in [2.75, 3.05) is 7.11 Å². The molecule has 1 aromatic carbocycles. The third kappa shape index (κ3) is 2.92. The van der Waals surface area contributed by atoms with Gasteiger partial charge >= 0.3 is 13.1 Å². The molecule has 1 fully saturated rings. The van der Waals surface area contributed by atoms with Gasteiger partial charge in [-0.25, -0.2) is 4.79 Å². The topological polar surface area (TPSA) is 44.8 Å². The second-order valence-corrected chi connectivity index (χ2v) is 7.08. The maximum absolute atomic E-state index is 12.1. The van der Waals surface area contributed by atoms with Gasteiger partial charge in [0.05, 0.1) is 23.9 Å². The molecule has 0 saturated carbocycles. The predicted molar refractivity (Wildman–Crippen MR) is 87.6 cm³/mol. The summed E-state index contributed by atoms with van der Waals surface area (Å²) >= 11 is 0. The zero-order chi connectivity index (χ0) is 16.7. The van der Waals surface area contributed by atoms with E-state index in [1.54, 1.807) is 0 Å². The highest BCUT2D eigenvalue weighted by molar-refractivity contribution is 6.62. The van der Waals surface area contributed by atoms with Gasteiger partial charge < -0.3 is 14.0 Å². The summed E-state index contributed by atoms with van der Waals surface area (Å²) in [5.74, 6) is -0.0940. The van der Waals surface area contributed by atoms with Gasteiger partial charge in [-0.15, -0.1) is 0 Å². The average molecular weight is 304 g/mol. The van der Waals surface area contributed by atoms with Crippen LogP contribution in [0.3, 0.4) is 0 Å². The third-order valence-corrected chi connectivity index (χ3v) is 4.63. The Balaban J connectivity index is 2.40. The molecule has 0 spiro atoms. The fraction of sp³-hybridized carbons (Fsp3) is 0.588. The molecule has 1 saturated heterocycles. The number of esters is 1. The SMILES string of the molecule is COC(=O)c1cc(B2OC(C)(C)C(C)(C)O2)ccc1C(C)C. The van der Waals surface area contributed by atoms with Crippen molar-refractivity contribution in [3.63, 3.8) is 0 Å². The van der Waals surface area contributed by atoms with Crippen LogP contribution in [0.25, 0.3) is 0 Å². The molecule has 0 N–H and O–H groups in total. The van der Waals surface area contributed by atoms with E-state index < -0.39 is 18.3 Å². The maximum atomic E-state index is 12.1. The van der Waals surface area contributed by atoms with E-state index in [9.17, 15) is 4.79 Å². The average Bonchev–Trinajstić information content (AvgIpc) is 2.65.